The minimum atomic E-state index is 0.0614. The van der Waals surface area contributed by atoms with E-state index in [4.69, 9.17) is 16.3 Å². The van der Waals surface area contributed by atoms with E-state index in [0.717, 1.165) is 18.8 Å². The van der Waals surface area contributed by atoms with Crippen LogP contribution in [0.3, 0.4) is 0 Å². The molecule has 1 aliphatic heterocycles. The molecule has 0 spiro atoms. The Hall–Kier alpha value is -2.80. The number of amides is 1. The maximum Gasteiger partial charge on any atom is 0.243 e. The zero-order valence-electron chi connectivity index (χ0n) is 18.0. The van der Waals surface area contributed by atoms with E-state index < -0.39 is 0 Å². The molecular weight excluding hydrogens is 402 g/mol. The Kier molecular flexibility index (Phi) is 12.0. The van der Waals surface area contributed by atoms with E-state index in [9.17, 15) is 4.79 Å². The summed E-state index contributed by atoms with van der Waals surface area (Å²) in [6.07, 6.45) is 5.16. The van der Waals surface area contributed by atoms with Crippen LogP contribution < -0.4 is 9.64 Å². The van der Waals surface area contributed by atoms with Gasteiger partial charge >= 0.3 is 0 Å². The second-order valence-electron chi connectivity index (χ2n) is 6.24. The summed E-state index contributed by atoms with van der Waals surface area (Å²) < 4.78 is 5.29. The van der Waals surface area contributed by atoms with E-state index in [2.05, 4.69) is 34.7 Å². The van der Waals surface area contributed by atoms with E-state index in [1.165, 1.54) is 0 Å². The van der Waals surface area contributed by atoms with Crippen molar-refractivity contribution in [3.63, 3.8) is 0 Å². The van der Waals surface area contributed by atoms with Gasteiger partial charge in [-0.05, 0) is 25.3 Å². The topological polar surface area (TPSA) is 60.7 Å². The van der Waals surface area contributed by atoms with Gasteiger partial charge in [-0.3, -0.25) is 14.8 Å². The molecule has 1 heterocycles. The molecule has 1 aromatic rings. The summed E-state index contributed by atoms with van der Waals surface area (Å²) in [6.45, 7) is 15.7. The third-order valence-corrected chi connectivity index (χ3v) is 4.72. The normalized spacial score (nSPS) is 13.8. The van der Waals surface area contributed by atoms with Crippen LogP contribution in [0.25, 0.3) is 0 Å². The molecule has 0 atom stereocenters. The molecule has 8 heteroatoms. The summed E-state index contributed by atoms with van der Waals surface area (Å²) in [5.41, 5.74) is 1.04. The molecular formula is C22H32ClN5O2. The number of aliphatic imine (C=N–C) groups is 1. The van der Waals surface area contributed by atoms with E-state index >= 15 is 0 Å². The number of ether oxygens (including phenoxy) is 1. The monoisotopic (exact) mass is 433 g/mol. The molecule has 30 heavy (non-hydrogen) atoms. The first-order valence-corrected chi connectivity index (χ1v) is 10.2. The number of methoxy groups -OCH3 is 1. The Bertz CT molecular complexity index is 730. The maximum atomic E-state index is 12.7. The Balaban J connectivity index is 0.00000218. The van der Waals surface area contributed by atoms with E-state index in [-0.39, 0.29) is 12.5 Å². The predicted molar refractivity (Wildman–Crippen MR) is 127 cm³/mol. The number of carbonyl (C=O) groups excluding carboxylic acids is 1. The molecule has 2 rings (SSSR count). The Morgan fingerprint density at radius 1 is 1.30 bits per heavy atom. The van der Waals surface area contributed by atoms with Crippen LogP contribution >= 0.6 is 11.6 Å². The van der Waals surface area contributed by atoms with Crippen LogP contribution in [0, 0.1) is 0 Å². The molecule has 7 nitrogen and oxygen atoms in total. The van der Waals surface area contributed by atoms with Gasteiger partial charge in [0.25, 0.3) is 0 Å². The van der Waals surface area contributed by atoms with Gasteiger partial charge in [0.1, 0.15) is 12.3 Å². The Morgan fingerprint density at radius 3 is 2.60 bits per heavy atom. The highest BCUT2D eigenvalue weighted by Gasteiger charge is 2.23. The first kappa shape index (κ1) is 25.2. The van der Waals surface area contributed by atoms with Gasteiger partial charge in [-0.1, -0.05) is 17.7 Å². The van der Waals surface area contributed by atoms with Crippen molar-refractivity contribution in [1.82, 2.24) is 9.91 Å². The molecule has 1 fully saturated rings. The lowest BCUT2D eigenvalue weighted by molar-refractivity contribution is -0.132. The van der Waals surface area contributed by atoms with Crippen LogP contribution in [0.15, 0.2) is 54.1 Å². The highest BCUT2D eigenvalue weighted by Crippen LogP contribution is 2.29. The number of halogens is 1. The number of benzene rings is 1. The van der Waals surface area contributed by atoms with Gasteiger partial charge in [-0.15, -0.1) is 19.7 Å². The predicted octanol–water partition coefficient (Wildman–Crippen LogP) is 3.36. The second-order valence-corrected chi connectivity index (χ2v) is 6.65. The van der Waals surface area contributed by atoms with Crippen molar-refractivity contribution in [2.24, 2.45) is 10.1 Å². The van der Waals surface area contributed by atoms with Gasteiger partial charge in [0.15, 0.2) is 0 Å². The van der Waals surface area contributed by atoms with Gasteiger partial charge in [0.05, 0.1) is 25.2 Å². The quantitative estimate of drug-likeness (QED) is 0.340. The number of rotatable bonds is 9. The highest BCUT2D eigenvalue weighted by atomic mass is 35.5. The summed E-state index contributed by atoms with van der Waals surface area (Å²) in [7, 11) is 1.60. The van der Waals surface area contributed by atoms with Crippen molar-refractivity contribution in [1.29, 1.82) is 0 Å². The lowest BCUT2D eigenvalue weighted by Gasteiger charge is -2.36. The highest BCUT2D eigenvalue weighted by molar-refractivity contribution is 6.32. The third-order valence-electron chi connectivity index (χ3n) is 4.40. The van der Waals surface area contributed by atoms with Crippen molar-refractivity contribution < 1.29 is 9.53 Å². The maximum absolute atomic E-state index is 12.7. The SMILES string of the molecule is C=C.C=CCN(CC(=O)N1CCN(c2ccc(Cl)c(OC)c2)CC1)/N=C\CN=CC. The number of hydrogen-bond donors (Lipinski definition) is 0. The van der Waals surface area contributed by atoms with Crippen molar-refractivity contribution >= 4 is 35.6 Å². The fraction of sp³-hybridized carbons (Fsp3) is 0.409. The average molecular weight is 434 g/mol. The molecule has 0 N–H and O–H groups in total. The zero-order valence-corrected chi connectivity index (χ0v) is 18.7. The molecule has 1 aromatic carbocycles. The van der Waals surface area contributed by atoms with Crippen LogP contribution in [0.2, 0.25) is 5.02 Å². The Morgan fingerprint density at radius 2 is 2.00 bits per heavy atom. The number of piperazine rings is 1. The first-order valence-electron chi connectivity index (χ1n) is 9.78. The fourth-order valence-electron chi connectivity index (χ4n) is 2.92. The molecule has 0 saturated carbocycles. The van der Waals surface area contributed by atoms with Gasteiger partial charge < -0.3 is 14.5 Å². The molecule has 0 aromatic heterocycles. The largest absolute Gasteiger partial charge is 0.495 e. The first-order chi connectivity index (χ1) is 14.6. The molecule has 1 aliphatic rings. The standard InChI is InChI=1S/C20H28ClN5O2.C2H4/c1-4-10-26(23-9-8-22-5-2)16-20(27)25-13-11-24(12-14-25)17-6-7-18(21)19(15-17)28-3;1-2/h4-7,9,15H,1,8,10-14,16H2,2-3H3;1-2H2/b22-5?,23-9-;. The van der Waals surface area contributed by atoms with Crippen molar-refractivity contribution in [2.75, 3.05) is 57.8 Å². The van der Waals surface area contributed by atoms with Crippen LogP contribution in [0.5, 0.6) is 5.75 Å². The summed E-state index contributed by atoms with van der Waals surface area (Å²) in [5.74, 6) is 0.717. The van der Waals surface area contributed by atoms with Crippen molar-refractivity contribution in [2.45, 2.75) is 6.92 Å². The van der Waals surface area contributed by atoms with E-state index in [0.29, 0.717) is 37.0 Å². The third kappa shape index (κ3) is 7.91. The summed E-state index contributed by atoms with van der Waals surface area (Å²) in [5, 5.41) is 6.61. The summed E-state index contributed by atoms with van der Waals surface area (Å²) >= 11 is 6.10. The fourth-order valence-corrected chi connectivity index (χ4v) is 3.12. The van der Waals surface area contributed by atoms with Crippen molar-refractivity contribution in [3.8, 4) is 5.75 Å². The van der Waals surface area contributed by atoms with Gasteiger partial charge in [0.2, 0.25) is 5.91 Å². The minimum Gasteiger partial charge on any atom is -0.495 e. The summed E-state index contributed by atoms with van der Waals surface area (Å²) in [4.78, 5) is 20.8. The zero-order chi connectivity index (χ0) is 22.4. The van der Waals surface area contributed by atoms with E-state index in [1.54, 1.807) is 30.6 Å². The van der Waals surface area contributed by atoms with Crippen LogP contribution in [-0.4, -0.2) is 81.2 Å². The van der Waals surface area contributed by atoms with Gasteiger partial charge in [-0.25, -0.2) is 0 Å². The van der Waals surface area contributed by atoms with Crippen molar-refractivity contribution in [3.05, 3.63) is 49.0 Å². The number of nitrogens with zero attached hydrogens (tertiary/aromatic N) is 5. The van der Waals surface area contributed by atoms with Crippen LogP contribution in [0.1, 0.15) is 6.92 Å². The lowest BCUT2D eigenvalue weighted by atomic mass is 10.2. The smallest absolute Gasteiger partial charge is 0.243 e. The number of carbonyl (C=O) groups is 1. The number of anilines is 1. The second kappa shape index (κ2) is 14.2. The van der Waals surface area contributed by atoms with Gasteiger partial charge in [0, 0.05) is 44.1 Å². The molecule has 0 radical (unpaired) electrons. The molecule has 0 unspecified atom stereocenters. The molecule has 1 saturated heterocycles. The molecule has 164 valence electrons. The van der Waals surface area contributed by atoms with Gasteiger partial charge in [-0.2, -0.15) is 5.10 Å². The number of hydrogen-bond acceptors (Lipinski definition) is 6. The molecule has 0 aliphatic carbocycles. The molecule has 1 amide bonds. The lowest BCUT2D eigenvalue weighted by Crippen LogP contribution is -2.51. The van der Waals surface area contributed by atoms with Crippen LogP contribution in [-0.2, 0) is 4.79 Å². The van der Waals surface area contributed by atoms with E-state index in [1.807, 2.05) is 30.0 Å². The van der Waals surface area contributed by atoms with Crippen LogP contribution in [0.4, 0.5) is 5.69 Å². The summed E-state index contributed by atoms with van der Waals surface area (Å²) in [6, 6.07) is 5.74. The Labute approximate surface area is 185 Å². The number of hydrazone groups is 1. The molecule has 0 bridgehead atoms. The minimum absolute atomic E-state index is 0.0614. The average Bonchev–Trinajstić information content (AvgIpc) is 2.78.